The topological polar surface area (TPSA) is 84.9 Å². The molecule has 1 heterocycles. The molecule has 1 aliphatic rings. The van der Waals surface area contributed by atoms with Gasteiger partial charge in [0, 0.05) is 13.0 Å². The first-order chi connectivity index (χ1) is 14.4. The Balaban J connectivity index is 1.78. The molecule has 1 saturated heterocycles. The van der Waals surface area contributed by atoms with Crippen LogP contribution in [-0.2, 0) is 19.1 Å². The van der Waals surface area contributed by atoms with Crippen LogP contribution in [0.15, 0.2) is 48.5 Å². The number of ether oxygens (including phenoxy) is 2. The molecule has 7 heteroatoms. The number of carbonyl (C=O) groups excluding carboxylic acids is 3. The highest BCUT2D eigenvalue weighted by molar-refractivity contribution is 6.02. The average Bonchev–Trinajstić information content (AvgIpc) is 3.14. The molecule has 7 nitrogen and oxygen atoms in total. The maximum Gasteiger partial charge on any atom is 0.333 e. The molecule has 0 saturated carbocycles. The van der Waals surface area contributed by atoms with Crippen LogP contribution in [0.1, 0.15) is 30.5 Å². The van der Waals surface area contributed by atoms with Gasteiger partial charge in [0.2, 0.25) is 11.8 Å². The van der Waals surface area contributed by atoms with Crippen molar-refractivity contribution in [1.29, 1.82) is 0 Å². The highest BCUT2D eigenvalue weighted by Crippen LogP contribution is 2.34. The maximum atomic E-state index is 13.0. The van der Waals surface area contributed by atoms with Crippen molar-refractivity contribution in [3.05, 3.63) is 59.7 Å². The first-order valence-electron chi connectivity index (χ1n) is 9.91. The van der Waals surface area contributed by atoms with E-state index in [0.717, 1.165) is 5.56 Å². The molecule has 1 N–H and O–H groups in total. The Morgan fingerprint density at radius 1 is 1.20 bits per heavy atom. The van der Waals surface area contributed by atoms with Crippen LogP contribution in [0.2, 0.25) is 0 Å². The lowest BCUT2D eigenvalue weighted by atomic mass is 10.0. The van der Waals surface area contributed by atoms with Crippen LogP contribution < -0.4 is 15.0 Å². The molecule has 1 fully saturated rings. The van der Waals surface area contributed by atoms with E-state index in [2.05, 4.69) is 5.32 Å². The molecule has 2 unspecified atom stereocenters. The summed E-state index contributed by atoms with van der Waals surface area (Å²) in [7, 11) is 1.54. The van der Waals surface area contributed by atoms with Crippen molar-refractivity contribution >= 4 is 23.5 Å². The zero-order chi connectivity index (χ0) is 21.7. The summed E-state index contributed by atoms with van der Waals surface area (Å²) < 4.78 is 10.5. The van der Waals surface area contributed by atoms with Gasteiger partial charge in [0.05, 0.1) is 25.3 Å². The molecule has 0 aliphatic carbocycles. The Morgan fingerprint density at radius 3 is 2.60 bits per heavy atom. The molecule has 0 spiro atoms. The maximum absolute atomic E-state index is 13.0. The Kier molecular flexibility index (Phi) is 6.72. The summed E-state index contributed by atoms with van der Waals surface area (Å²) in [4.78, 5) is 39.6. The second-order valence-corrected chi connectivity index (χ2v) is 7.19. The SMILES string of the molecule is CCOC(=O)C(NC(=O)C1CC(=O)N(c2cc(C)ccc2OC)C1)c1ccccc1. The summed E-state index contributed by atoms with van der Waals surface area (Å²) in [6.45, 7) is 4.07. The Labute approximate surface area is 176 Å². The van der Waals surface area contributed by atoms with E-state index in [-0.39, 0.29) is 31.4 Å². The quantitative estimate of drug-likeness (QED) is 0.710. The van der Waals surface area contributed by atoms with Gasteiger partial charge in [-0.1, -0.05) is 36.4 Å². The second-order valence-electron chi connectivity index (χ2n) is 7.19. The summed E-state index contributed by atoms with van der Waals surface area (Å²) in [5.41, 5.74) is 2.26. The van der Waals surface area contributed by atoms with Crippen LogP contribution in [0.3, 0.4) is 0 Å². The third-order valence-corrected chi connectivity index (χ3v) is 5.06. The minimum Gasteiger partial charge on any atom is -0.495 e. The van der Waals surface area contributed by atoms with Gasteiger partial charge in [-0.15, -0.1) is 0 Å². The minimum atomic E-state index is -0.920. The van der Waals surface area contributed by atoms with E-state index in [0.29, 0.717) is 17.0 Å². The molecule has 3 rings (SSSR count). The summed E-state index contributed by atoms with van der Waals surface area (Å²) in [6.07, 6.45) is 0.0628. The third kappa shape index (κ3) is 4.62. The van der Waals surface area contributed by atoms with Crippen molar-refractivity contribution in [3.8, 4) is 5.75 Å². The van der Waals surface area contributed by atoms with E-state index in [4.69, 9.17) is 9.47 Å². The van der Waals surface area contributed by atoms with E-state index in [9.17, 15) is 14.4 Å². The van der Waals surface area contributed by atoms with Crippen LogP contribution in [-0.4, -0.2) is 38.0 Å². The standard InChI is InChI=1S/C23H26N2O5/c1-4-30-23(28)21(16-8-6-5-7-9-16)24-22(27)17-13-20(26)25(14-17)18-12-15(2)10-11-19(18)29-3/h5-12,17,21H,4,13-14H2,1-3H3,(H,24,27). The molecule has 2 amide bonds. The van der Waals surface area contributed by atoms with Gasteiger partial charge in [-0.3, -0.25) is 9.59 Å². The number of benzene rings is 2. The number of carbonyl (C=O) groups is 3. The van der Waals surface area contributed by atoms with Gasteiger partial charge in [0.15, 0.2) is 6.04 Å². The first-order valence-corrected chi connectivity index (χ1v) is 9.91. The van der Waals surface area contributed by atoms with E-state index in [1.165, 1.54) is 0 Å². The monoisotopic (exact) mass is 410 g/mol. The molecule has 2 aromatic carbocycles. The van der Waals surface area contributed by atoms with Gasteiger partial charge in [0.1, 0.15) is 5.75 Å². The first kappa shape index (κ1) is 21.4. The van der Waals surface area contributed by atoms with Crippen molar-refractivity contribution in [2.75, 3.05) is 25.2 Å². The van der Waals surface area contributed by atoms with E-state index >= 15 is 0 Å². The number of hydrogen-bond donors (Lipinski definition) is 1. The van der Waals surface area contributed by atoms with E-state index < -0.39 is 17.9 Å². The summed E-state index contributed by atoms with van der Waals surface area (Å²) in [5, 5.41) is 2.77. The average molecular weight is 410 g/mol. The predicted molar refractivity (Wildman–Crippen MR) is 112 cm³/mol. The molecule has 1 aliphatic heterocycles. The Bertz CT molecular complexity index is 928. The fraction of sp³-hybridized carbons (Fsp3) is 0.348. The van der Waals surface area contributed by atoms with Crippen LogP contribution in [0.5, 0.6) is 5.75 Å². The summed E-state index contributed by atoms with van der Waals surface area (Å²) in [5.74, 6) is -1.06. The van der Waals surface area contributed by atoms with Crippen LogP contribution in [0, 0.1) is 12.8 Å². The number of nitrogens with one attached hydrogen (secondary N) is 1. The van der Waals surface area contributed by atoms with Crippen molar-refractivity contribution in [3.63, 3.8) is 0 Å². The smallest absolute Gasteiger partial charge is 0.333 e. The van der Waals surface area contributed by atoms with Gasteiger partial charge in [-0.2, -0.15) is 0 Å². The number of methoxy groups -OCH3 is 1. The summed E-state index contributed by atoms with van der Waals surface area (Å²) in [6, 6.07) is 13.6. The highest BCUT2D eigenvalue weighted by Gasteiger charge is 2.38. The molecule has 158 valence electrons. The Morgan fingerprint density at radius 2 is 1.93 bits per heavy atom. The van der Waals surface area contributed by atoms with Crippen molar-refractivity contribution in [1.82, 2.24) is 5.32 Å². The number of aryl methyl sites for hydroxylation is 1. The highest BCUT2D eigenvalue weighted by atomic mass is 16.5. The van der Waals surface area contributed by atoms with Crippen molar-refractivity contribution in [2.45, 2.75) is 26.3 Å². The lowest BCUT2D eigenvalue weighted by Crippen LogP contribution is -2.39. The number of amides is 2. The molecule has 30 heavy (non-hydrogen) atoms. The lowest BCUT2D eigenvalue weighted by molar-refractivity contribution is -0.148. The lowest BCUT2D eigenvalue weighted by Gasteiger charge is -2.21. The van der Waals surface area contributed by atoms with Gasteiger partial charge >= 0.3 is 5.97 Å². The molecular weight excluding hydrogens is 384 g/mol. The second kappa shape index (κ2) is 9.43. The van der Waals surface area contributed by atoms with Crippen molar-refractivity contribution in [2.24, 2.45) is 5.92 Å². The van der Waals surface area contributed by atoms with Gasteiger partial charge in [-0.05, 0) is 37.1 Å². The molecule has 0 bridgehead atoms. The Hall–Kier alpha value is -3.35. The molecule has 0 radical (unpaired) electrons. The number of hydrogen-bond acceptors (Lipinski definition) is 5. The van der Waals surface area contributed by atoms with Gasteiger partial charge < -0.3 is 19.7 Å². The van der Waals surface area contributed by atoms with E-state index in [1.807, 2.05) is 25.1 Å². The number of anilines is 1. The number of esters is 1. The molecule has 2 atom stereocenters. The minimum absolute atomic E-state index is 0.0628. The zero-order valence-corrected chi connectivity index (χ0v) is 17.4. The van der Waals surface area contributed by atoms with E-state index in [1.54, 1.807) is 49.3 Å². The molecule has 0 aromatic heterocycles. The van der Waals surface area contributed by atoms with Crippen LogP contribution in [0.25, 0.3) is 0 Å². The van der Waals surface area contributed by atoms with Crippen LogP contribution in [0.4, 0.5) is 5.69 Å². The van der Waals surface area contributed by atoms with Gasteiger partial charge in [0.25, 0.3) is 0 Å². The normalized spacial score (nSPS) is 16.8. The largest absolute Gasteiger partial charge is 0.495 e. The third-order valence-electron chi connectivity index (χ3n) is 5.06. The van der Waals surface area contributed by atoms with Gasteiger partial charge in [-0.25, -0.2) is 4.79 Å². The predicted octanol–water partition coefficient (Wildman–Crippen LogP) is 2.78. The number of rotatable bonds is 7. The van der Waals surface area contributed by atoms with Crippen LogP contribution >= 0.6 is 0 Å². The molecular formula is C23H26N2O5. The number of nitrogens with zero attached hydrogens (tertiary/aromatic N) is 1. The fourth-order valence-corrected chi connectivity index (χ4v) is 3.54. The molecule has 2 aromatic rings. The fourth-order valence-electron chi connectivity index (χ4n) is 3.54. The zero-order valence-electron chi connectivity index (χ0n) is 17.4. The van der Waals surface area contributed by atoms with Crippen molar-refractivity contribution < 1.29 is 23.9 Å². The summed E-state index contributed by atoms with van der Waals surface area (Å²) >= 11 is 0.